The van der Waals surface area contributed by atoms with Gasteiger partial charge in [0.25, 0.3) is 0 Å². The average Bonchev–Trinajstić information content (AvgIpc) is 2.13. The van der Waals surface area contributed by atoms with Crippen molar-refractivity contribution in [1.82, 2.24) is 5.32 Å². The second-order valence-corrected chi connectivity index (χ2v) is 3.40. The molecule has 0 heterocycles. The van der Waals surface area contributed by atoms with Crippen LogP contribution in [0.15, 0.2) is 18.2 Å². The first-order chi connectivity index (χ1) is 6.19. The zero-order valence-corrected chi connectivity index (χ0v) is 8.65. The number of terminal acetylenes is 1. The molecule has 0 aromatic heterocycles. The van der Waals surface area contributed by atoms with Crippen LogP contribution in [-0.2, 0) is 0 Å². The first-order valence-corrected chi connectivity index (χ1v) is 4.53. The summed E-state index contributed by atoms with van der Waals surface area (Å²) in [5, 5.41) is 4.22. The minimum Gasteiger partial charge on any atom is -0.303 e. The molecule has 1 unspecified atom stereocenters. The second kappa shape index (κ2) is 4.53. The monoisotopic (exact) mass is 213 g/mol. The van der Waals surface area contributed by atoms with Gasteiger partial charge in [-0.15, -0.1) is 6.42 Å². The molecule has 0 saturated carbocycles. The minimum absolute atomic E-state index is 0.189. The van der Waals surface area contributed by atoms with Crippen LogP contribution in [0.3, 0.4) is 0 Å². The highest BCUT2D eigenvalue weighted by Crippen LogP contribution is 2.25. The van der Waals surface area contributed by atoms with Crippen molar-refractivity contribution in [1.29, 1.82) is 0 Å². The lowest BCUT2D eigenvalue weighted by Gasteiger charge is -2.11. The molecular weight excluding hydrogens is 205 g/mol. The Morgan fingerprint density at radius 1 is 1.46 bits per heavy atom. The number of nitrogens with one attached hydrogen (secondary N) is 1. The number of hydrogen-bond donors (Lipinski definition) is 1. The van der Waals surface area contributed by atoms with Gasteiger partial charge in [0.15, 0.2) is 0 Å². The molecule has 1 aromatic rings. The van der Waals surface area contributed by atoms with E-state index >= 15 is 0 Å². The number of hydrogen-bond acceptors (Lipinski definition) is 1. The van der Waals surface area contributed by atoms with Crippen molar-refractivity contribution < 1.29 is 0 Å². The molecule has 1 rings (SSSR count). The van der Waals surface area contributed by atoms with Crippen LogP contribution < -0.4 is 5.32 Å². The highest BCUT2D eigenvalue weighted by molar-refractivity contribution is 6.33. The summed E-state index contributed by atoms with van der Waals surface area (Å²) in [4.78, 5) is 0. The number of benzene rings is 1. The highest BCUT2D eigenvalue weighted by atomic mass is 35.5. The van der Waals surface area contributed by atoms with E-state index in [1.54, 1.807) is 25.2 Å². The molecule has 1 atom stereocenters. The second-order valence-electron chi connectivity index (χ2n) is 2.55. The van der Waals surface area contributed by atoms with E-state index in [9.17, 15) is 0 Å². The summed E-state index contributed by atoms with van der Waals surface area (Å²) in [6, 6.07) is 5.05. The first-order valence-electron chi connectivity index (χ1n) is 3.77. The number of halogens is 2. The van der Waals surface area contributed by atoms with E-state index in [4.69, 9.17) is 29.6 Å². The van der Waals surface area contributed by atoms with E-state index in [0.29, 0.717) is 10.0 Å². The molecule has 1 aromatic carbocycles. The summed E-state index contributed by atoms with van der Waals surface area (Å²) < 4.78 is 0. The van der Waals surface area contributed by atoms with Crippen LogP contribution in [0.2, 0.25) is 10.0 Å². The Balaban J connectivity index is 3.13. The van der Waals surface area contributed by atoms with Crippen LogP contribution in [-0.4, -0.2) is 7.05 Å². The third-order valence-electron chi connectivity index (χ3n) is 1.72. The highest BCUT2D eigenvalue weighted by Gasteiger charge is 2.09. The summed E-state index contributed by atoms with van der Waals surface area (Å²) in [6.07, 6.45) is 5.32. The van der Waals surface area contributed by atoms with Crippen molar-refractivity contribution in [2.45, 2.75) is 6.04 Å². The predicted molar refractivity (Wildman–Crippen MR) is 57.1 cm³/mol. The number of rotatable bonds is 2. The van der Waals surface area contributed by atoms with Crippen LogP contribution in [0.4, 0.5) is 0 Å². The smallest absolute Gasteiger partial charge is 0.0955 e. The van der Waals surface area contributed by atoms with Crippen LogP contribution in [0, 0.1) is 12.3 Å². The van der Waals surface area contributed by atoms with Gasteiger partial charge in [-0.05, 0) is 25.2 Å². The predicted octanol–water partition coefficient (Wildman–Crippen LogP) is 2.89. The molecule has 0 spiro atoms. The molecule has 1 nitrogen and oxygen atoms in total. The zero-order chi connectivity index (χ0) is 9.84. The summed E-state index contributed by atoms with van der Waals surface area (Å²) in [5.41, 5.74) is 0.833. The van der Waals surface area contributed by atoms with Gasteiger partial charge in [-0.1, -0.05) is 29.1 Å². The van der Waals surface area contributed by atoms with Crippen molar-refractivity contribution in [2.75, 3.05) is 7.05 Å². The summed E-state index contributed by atoms with van der Waals surface area (Å²) in [7, 11) is 1.78. The standard InChI is InChI=1S/C10H9Cl2N/c1-3-10(13-2)8-6-7(11)4-5-9(8)12/h1,4-6,10,13H,2H3. The molecule has 0 aliphatic heterocycles. The van der Waals surface area contributed by atoms with Gasteiger partial charge >= 0.3 is 0 Å². The molecule has 13 heavy (non-hydrogen) atoms. The van der Waals surface area contributed by atoms with Crippen LogP contribution in [0.25, 0.3) is 0 Å². The van der Waals surface area contributed by atoms with Crippen molar-refractivity contribution in [3.63, 3.8) is 0 Å². The molecule has 0 bridgehead atoms. The molecule has 68 valence electrons. The third kappa shape index (κ3) is 2.38. The molecule has 1 N–H and O–H groups in total. The van der Waals surface area contributed by atoms with Crippen molar-refractivity contribution in [3.8, 4) is 12.3 Å². The molecule has 0 aliphatic rings. The molecule has 0 amide bonds. The van der Waals surface area contributed by atoms with E-state index in [0.717, 1.165) is 5.56 Å². The van der Waals surface area contributed by atoms with Crippen molar-refractivity contribution in [2.24, 2.45) is 0 Å². The molecule has 3 heteroatoms. The molecule has 0 radical (unpaired) electrons. The van der Waals surface area contributed by atoms with Gasteiger partial charge in [-0.3, -0.25) is 0 Å². The lowest BCUT2D eigenvalue weighted by Crippen LogP contribution is -2.14. The van der Waals surface area contributed by atoms with Gasteiger partial charge in [0.1, 0.15) is 0 Å². The van der Waals surface area contributed by atoms with Crippen molar-refractivity contribution >= 4 is 23.2 Å². The largest absolute Gasteiger partial charge is 0.303 e. The first kappa shape index (κ1) is 10.4. The Morgan fingerprint density at radius 2 is 2.15 bits per heavy atom. The van der Waals surface area contributed by atoms with E-state index in [-0.39, 0.29) is 6.04 Å². The van der Waals surface area contributed by atoms with Gasteiger partial charge in [-0.25, -0.2) is 0 Å². The molecule has 0 aliphatic carbocycles. The molecular formula is C10H9Cl2N. The SMILES string of the molecule is C#CC(NC)c1cc(Cl)ccc1Cl. The Hall–Kier alpha value is -0.680. The fraction of sp³-hybridized carbons (Fsp3) is 0.200. The fourth-order valence-electron chi connectivity index (χ4n) is 1.06. The van der Waals surface area contributed by atoms with Crippen LogP contribution in [0.5, 0.6) is 0 Å². The third-order valence-corrected chi connectivity index (χ3v) is 2.30. The quantitative estimate of drug-likeness (QED) is 0.746. The van der Waals surface area contributed by atoms with E-state index < -0.39 is 0 Å². The zero-order valence-electron chi connectivity index (χ0n) is 7.14. The molecule has 0 saturated heterocycles. The topological polar surface area (TPSA) is 12.0 Å². The Bertz CT molecular complexity index is 341. The summed E-state index contributed by atoms with van der Waals surface area (Å²) in [6.45, 7) is 0. The maximum Gasteiger partial charge on any atom is 0.0955 e. The van der Waals surface area contributed by atoms with E-state index in [2.05, 4.69) is 11.2 Å². The summed E-state index contributed by atoms with van der Waals surface area (Å²) >= 11 is 11.8. The van der Waals surface area contributed by atoms with E-state index in [1.807, 2.05) is 0 Å². The van der Waals surface area contributed by atoms with E-state index in [1.165, 1.54) is 0 Å². The Kier molecular flexibility index (Phi) is 3.62. The average molecular weight is 214 g/mol. The lowest BCUT2D eigenvalue weighted by atomic mass is 10.1. The molecule has 0 fully saturated rings. The minimum atomic E-state index is -0.189. The normalized spacial score (nSPS) is 12.2. The van der Waals surface area contributed by atoms with Gasteiger partial charge < -0.3 is 5.32 Å². The fourth-order valence-corrected chi connectivity index (χ4v) is 1.47. The van der Waals surface area contributed by atoms with Gasteiger partial charge in [0, 0.05) is 15.6 Å². The maximum atomic E-state index is 5.95. The Labute approximate surface area is 88.0 Å². The lowest BCUT2D eigenvalue weighted by molar-refractivity contribution is 0.737. The van der Waals surface area contributed by atoms with Gasteiger partial charge in [0.05, 0.1) is 6.04 Å². The van der Waals surface area contributed by atoms with Gasteiger partial charge in [-0.2, -0.15) is 0 Å². The van der Waals surface area contributed by atoms with Crippen molar-refractivity contribution in [3.05, 3.63) is 33.8 Å². The summed E-state index contributed by atoms with van der Waals surface area (Å²) in [5.74, 6) is 2.58. The van der Waals surface area contributed by atoms with Gasteiger partial charge in [0.2, 0.25) is 0 Å². The van der Waals surface area contributed by atoms with Crippen LogP contribution in [0.1, 0.15) is 11.6 Å². The van der Waals surface area contributed by atoms with Crippen LogP contribution >= 0.6 is 23.2 Å². The maximum absolute atomic E-state index is 5.95. The Morgan fingerprint density at radius 3 is 2.69 bits per heavy atom.